The first-order chi connectivity index (χ1) is 15.5. The molecule has 1 aliphatic carbocycles. The van der Waals surface area contributed by atoms with Gasteiger partial charge < -0.3 is 5.32 Å². The number of fused-ring (bicyclic) bond motifs is 4. The van der Waals surface area contributed by atoms with Crippen LogP contribution in [0.4, 0.5) is 5.95 Å². The number of sulfonamides is 1. The minimum Gasteiger partial charge on any atom is -0.357 e. The number of piperidine rings is 1. The Balaban J connectivity index is 1.45. The van der Waals surface area contributed by atoms with Crippen LogP contribution >= 0.6 is 0 Å². The highest BCUT2D eigenvalue weighted by Crippen LogP contribution is 2.48. The quantitative estimate of drug-likeness (QED) is 0.664. The summed E-state index contributed by atoms with van der Waals surface area (Å²) < 4.78 is 27.9. The summed E-state index contributed by atoms with van der Waals surface area (Å²) in [6, 6.07) is 16.5. The van der Waals surface area contributed by atoms with Gasteiger partial charge in [0, 0.05) is 37.3 Å². The van der Waals surface area contributed by atoms with Gasteiger partial charge in [0.05, 0.1) is 22.2 Å². The van der Waals surface area contributed by atoms with Gasteiger partial charge >= 0.3 is 0 Å². The average Bonchev–Trinajstić information content (AvgIpc) is 2.84. The lowest BCUT2D eigenvalue weighted by atomic mass is 9.64. The molecule has 2 heterocycles. The third-order valence-electron chi connectivity index (χ3n) is 6.67. The Morgan fingerprint density at radius 1 is 1.09 bits per heavy atom. The molecule has 1 spiro atoms. The molecule has 0 amide bonds. The van der Waals surface area contributed by atoms with Crippen molar-refractivity contribution in [3.8, 4) is 17.3 Å². The van der Waals surface area contributed by atoms with E-state index in [-0.39, 0.29) is 10.3 Å². The topological polar surface area (TPSA) is 99.0 Å². The number of aromatic nitrogens is 2. The van der Waals surface area contributed by atoms with E-state index in [4.69, 9.17) is 10.2 Å². The van der Waals surface area contributed by atoms with E-state index in [0.717, 1.165) is 36.1 Å². The van der Waals surface area contributed by atoms with Crippen molar-refractivity contribution in [2.75, 3.05) is 25.5 Å². The van der Waals surface area contributed by atoms with Crippen LogP contribution in [0.5, 0.6) is 0 Å². The smallest absolute Gasteiger partial charge is 0.243 e. The maximum Gasteiger partial charge on any atom is 0.243 e. The molecule has 162 valence electrons. The van der Waals surface area contributed by atoms with Gasteiger partial charge in [0.25, 0.3) is 0 Å². The molecule has 2 aromatic carbocycles. The largest absolute Gasteiger partial charge is 0.357 e. The molecule has 7 nitrogen and oxygen atoms in total. The molecule has 0 radical (unpaired) electrons. The van der Waals surface area contributed by atoms with Crippen molar-refractivity contribution in [2.24, 2.45) is 0 Å². The zero-order valence-corrected chi connectivity index (χ0v) is 18.6. The second kappa shape index (κ2) is 7.69. The van der Waals surface area contributed by atoms with Gasteiger partial charge in [-0.1, -0.05) is 24.3 Å². The molecule has 5 rings (SSSR count). The lowest BCUT2D eigenvalue weighted by Crippen LogP contribution is -2.47. The zero-order valence-electron chi connectivity index (χ0n) is 17.7. The van der Waals surface area contributed by atoms with E-state index in [0.29, 0.717) is 24.6 Å². The van der Waals surface area contributed by atoms with E-state index in [2.05, 4.69) is 22.4 Å². The Bertz CT molecular complexity index is 1320. The lowest BCUT2D eigenvalue weighted by Gasteiger charge is -2.45. The number of hydrogen-bond donors (Lipinski definition) is 1. The molecule has 1 aromatic heterocycles. The van der Waals surface area contributed by atoms with E-state index in [1.807, 2.05) is 31.4 Å². The Kier molecular flexibility index (Phi) is 4.96. The van der Waals surface area contributed by atoms with Crippen LogP contribution in [-0.2, 0) is 21.9 Å². The minimum atomic E-state index is -3.60. The van der Waals surface area contributed by atoms with Gasteiger partial charge in [0.1, 0.15) is 0 Å². The van der Waals surface area contributed by atoms with Crippen LogP contribution < -0.4 is 5.32 Å². The summed E-state index contributed by atoms with van der Waals surface area (Å²) in [5.41, 5.74) is 4.72. The summed E-state index contributed by atoms with van der Waals surface area (Å²) in [5, 5.41) is 12.0. The highest BCUT2D eigenvalue weighted by atomic mass is 32.2. The monoisotopic (exact) mass is 445 g/mol. The molecule has 1 fully saturated rings. The van der Waals surface area contributed by atoms with Crippen LogP contribution in [0, 0.1) is 11.3 Å². The van der Waals surface area contributed by atoms with Gasteiger partial charge in [0.2, 0.25) is 16.0 Å². The number of nitrogens with one attached hydrogen (secondary N) is 1. The summed E-state index contributed by atoms with van der Waals surface area (Å²) in [7, 11) is -1.79. The highest BCUT2D eigenvalue weighted by molar-refractivity contribution is 7.89. The van der Waals surface area contributed by atoms with Gasteiger partial charge in [-0.2, -0.15) is 9.57 Å². The molecule has 32 heavy (non-hydrogen) atoms. The van der Waals surface area contributed by atoms with Crippen LogP contribution in [0.1, 0.15) is 29.5 Å². The van der Waals surface area contributed by atoms with Crippen molar-refractivity contribution >= 4 is 16.0 Å². The van der Waals surface area contributed by atoms with Crippen molar-refractivity contribution in [3.05, 3.63) is 71.4 Å². The third-order valence-corrected chi connectivity index (χ3v) is 8.58. The van der Waals surface area contributed by atoms with Crippen LogP contribution in [0.15, 0.2) is 59.6 Å². The Hall–Kier alpha value is -3.28. The molecular weight excluding hydrogens is 422 g/mol. The van der Waals surface area contributed by atoms with Crippen molar-refractivity contribution in [2.45, 2.75) is 29.6 Å². The first-order valence-corrected chi connectivity index (χ1v) is 12.0. The van der Waals surface area contributed by atoms with Crippen molar-refractivity contribution in [1.29, 1.82) is 5.26 Å². The zero-order chi connectivity index (χ0) is 22.3. The molecule has 3 aromatic rings. The molecule has 1 aliphatic heterocycles. The van der Waals surface area contributed by atoms with Crippen molar-refractivity contribution in [1.82, 2.24) is 14.3 Å². The Labute approximate surface area is 187 Å². The van der Waals surface area contributed by atoms with Gasteiger partial charge in [-0.05, 0) is 54.7 Å². The molecule has 0 unspecified atom stereocenters. The molecule has 0 saturated carbocycles. The molecule has 8 heteroatoms. The molecular formula is C24H23N5O2S. The van der Waals surface area contributed by atoms with Gasteiger partial charge in [-0.3, -0.25) is 0 Å². The second-order valence-electron chi connectivity index (χ2n) is 8.36. The average molecular weight is 446 g/mol. The molecule has 1 saturated heterocycles. The lowest BCUT2D eigenvalue weighted by molar-refractivity contribution is 0.229. The molecule has 1 N–H and O–H groups in total. The van der Waals surface area contributed by atoms with Crippen LogP contribution in [0.3, 0.4) is 0 Å². The fourth-order valence-electron chi connectivity index (χ4n) is 4.95. The normalized spacial score (nSPS) is 17.2. The number of benzene rings is 2. The molecule has 2 aliphatic rings. The van der Waals surface area contributed by atoms with Crippen LogP contribution in [0.25, 0.3) is 11.3 Å². The second-order valence-corrected chi connectivity index (χ2v) is 10.3. The maximum absolute atomic E-state index is 13.2. The number of nitrogens with zero attached hydrogens (tertiary/aromatic N) is 4. The predicted molar refractivity (Wildman–Crippen MR) is 122 cm³/mol. The summed E-state index contributed by atoms with van der Waals surface area (Å²) in [6.45, 7) is 0.892. The Morgan fingerprint density at radius 2 is 1.81 bits per heavy atom. The number of nitriles is 1. The first kappa shape index (κ1) is 20.6. The van der Waals surface area contributed by atoms with E-state index in [1.54, 1.807) is 16.4 Å². The van der Waals surface area contributed by atoms with Gasteiger partial charge in [-0.25, -0.2) is 18.4 Å². The summed E-state index contributed by atoms with van der Waals surface area (Å²) in [6.07, 6.45) is 4.15. The van der Waals surface area contributed by atoms with Crippen molar-refractivity contribution in [3.63, 3.8) is 0 Å². The Morgan fingerprint density at radius 3 is 2.50 bits per heavy atom. The summed E-state index contributed by atoms with van der Waals surface area (Å²) >= 11 is 0. The van der Waals surface area contributed by atoms with Crippen LogP contribution in [-0.4, -0.2) is 42.8 Å². The minimum absolute atomic E-state index is 0.134. The van der Waals surface area contributed by atoms with Gasteiger partial charge in [0.15, 0.2) is 0 Å². The SMILES string of the molecule is CNc1ncc2c(n1)-c1ccccc1C1(CCN(S(=O)(=O)c3ccc(C#N)cc3)CC1)C2. The molecule has 0 atom stereocenters. The number of anilines is 1. The van der Waals surface area contributed by atoms with E-state index in [9.17, 15) is 8.42 Å². The van der Waals surface area contributed by atoms with E-state index in [1.165, 1.54) is 17.7 Å². The highest BCUT2D eigenvalue weighted by Gasteiger charge is 2.44. The first-order valence-electron chi connectivity index (χ1n) is 10.6. The fourth-order valence-corrected chi connectivity index (χ4v) is 6.39. The summed E-state index contributed by atoms with van der Waals surface area (Å²) in [4.78, 5) is 9.36. The number of hydrogen-bond acceptors (Lipinski definition) is 6. The third kappa shape index (κ3) is 3.25. The van der Waals surface area contributed by atoms with Crippen molar-refractivity contribution < 1.29 is 8.42 Å². The van der Waals surface area contributed by atoms with Gasteiger partial charge in [-0.15, -0.1) is 0 Å². The fraction of sp³-hybridized carbons (Fsp3) is 0.292. The molecule has 0 bridgehead atoms. The maximum atomic E-state index is 13.2. The van der Waals surface area contributed by atoms with E-state index >= 15 is 0 Å². The summed E-state index contributed by atoms with van der Waals surface area (Å²) in [5.74, 6) is 0.595. The predicted octanol–water partition coefficient (Wildman–Crippen LogP) is 3.34. The van der Waals surface area contributed by atoms with Crippen LogP contribution in [0.2, 0.25) is 0 Å². The van der Waals surface area contributed by atoms with E-state index < -0.39 is 10.0 Å². The number of rotatable bonds is 3. The standard InChI is InChI=1S/C24H23N5O2S/c1-26-23-27-16-18-14-24(21-5-3-2-4-20(21)22(18)28-23)10-12-29(13-11-24)32(30,31)19-8-6-17(15-25)7-9-19/h2-9,16H,10-14H2,1H3,(H,26,27,28).